The fraction of sp³-hybridized carbons (Fsp3) is 0.391. The lowest BCUT2D eigenvalue weighted by Gasteiger charge is -2.45. The maximum Gasteiger partial charge on any atom is 0.324 e. The maximum absolute atomic E-state index is 13.0. The zero-order chi connectivity index (χ0) is 21.0. The molecule has 0 radical (unpaired) electrons. The van der Waals surface area contributed by atoms with Crippen LogP contribution in [0.1, 0.15) is 29.8 Å². The van der Waals surface area contributed by atoms with Crippen LogP contribution < -0.4 is 4.90 Å². The van der Waals surface area contributed by atoms with E-state index in [1.54, 1.807) is 17.0 Å². The largest absolute Gasteiger partial charge is 0.388 e. The Kier molecular flexibility index (Phi) is 6.67. The summed E-state index contributed by atoms with van der Waals surface area (Å²) in [7, 11) is 1.81. The number of Topliss-reactive ketones (excluding diaryl/α,β-unsaturated/α-hetero) is 1. The van der Waals surface area contributed by atoms with Crippen LogP contribution in [0.4, 0.5) is 10.5 Å². The number of ketones is 1. The predicted octanol–water partition coefficient (Wildman–Crippen LogP) is 3.01. The third-order valence-corrected chi connectivity index (χ3v) is 5.59. The molecule has 2 aromatic carbocycles. The van der Waals surface area contributed by atoms with E-state index in [4.69, 9.17) is 5.11 Å². The molecular weight excluding hydrogens is 366 g/mol. The zero-order valence-corrected chi connectivity index (χ0v) is 17.3. The van der Waals surface area contributed by atoms with Gasteiger partial charge >= 0.3 is 6.03 Å². The second-order valence-electron chi connectivity index (χ2n) is 7.73. The summed E-state index contributed by atoms with van der Waals surface area (Å²) in [5, 5.41) is 8.98. The molecule has 0 aliphatic carbocycles. The molecule has 0 spiro atoms. The number of hydrogen-bond acceptors (Lipinski definition) is 4. The van der Waals surface area contributed by atoms with E-state index in [9.17, 15) is 9.59 Å². The molecule has 0 bridgehead atoms. The van der Waals surface area contributed by atoms with E-state index in [-0.39, 0.29) is 23.9 Å². The van der Waals surface area contributed by atoms with Gasteiger partial charge in [0.15, 0.2) is 5.78 Å². The van der Waals surface area contributed by atoms with Crippen molar-refractivity contribution in [3.63, 3.8) is 0 Å². The van der Waals surface area contributed by atoms with E-state index in [1.807, 2.05) is 54.4 Å². The van der Waals surface area contributed by atoms with Crippen LogP contribution in [0.15, 0.2) is 54.6 Å². The van der Waals surface area contributed by atoms with Gasteiger partial charge in [-0.1, -0.05) is 42.5 Å². The Morgan fingerprint density at radius 3 is 2.14 bits per heavy atom. The smallest absolute Gasteiger partial charge is 0.324 e. The second-order valence-corrected chi connectivity index (χ2v) is 7.73. The average molecular weight is 396 g/mol. The van der Waals surface area contributed by atoms with E-state index >= 15 is 0 Å². The molecule has 2 aromatic rings. The monoisotopic (exact) mass is 395 g/mol. The summed E-state index contributed by atoms with van der Waals surface area (Å²) in [4.78, 5) is 30.5. The van der Waals surface area contributed by atoms with Crippen LogP contribution in [0.2, 0.25) is 0 Å². The van der Waals surface area contributed by atoms with Crippen molar-refractivity contribution < 1.29 is 14.7 Å². The van der Waals surface area contributed by atoms with Crippen molar-refractivity contribution in [2.45, 2.75) is 32.5 Å². The molecule has 1 N–H and O–H groups in total. The first-order valence-corrected chi connectivity index (χ1v) is 9.97. The third kappa shape index (κ3) is 4.83. The Bertz CT molecular complexity index is 826. The van der Waals surface area contributed by atoms with Crippen molar-refractivity contribution in [1.29, 1.82) is 0 Å². The molecule has 1 heterocycles. The van der Waals surface area contributed by atoms with E-state index in [1.165, 1.54) is 0 Å². The van der Waals surface area contributed by atoms with Gasteiger partial charge in [-0.25, -0.2) is 4.79 Å². The van der Waals surface area contributed by atoms with Gasteiger partial charge in [-0.3, -0.25) is 14.6 Å². The zero-order valence-electron chi connectivity index (χ0n) is 17.3. The molecule has 1 fully saturated rings. The minimum Gasteiger partial charge on any atom is -0.388 e. The third-order valence-electron chi connectivity index (χ3n) is 5.59. The van der Waals surface area contributed by atoms with Crippen LogP contribution in [0, 0.1) is 0 Å². The number of para-hydroxylation sites is 1. The summed E-state index contributed by atoms with van der Waals surface area (Å²) >= 11 is 0. The number of hydrogen-bond donors (Lipinski definition) is 1. The average Bonchev–Trinajstić information content (AvgIpc) is 2.75. The number of piperazine rings is 1. The molecule has 1 aliphatic heterocycles. The molecule has 2 amide bonds. The van der Waals surface area contributed by atoms with Crippen LogP contribution in [0.25, 0.3) is 0 Å². The van der Waals surface area contributed by atoms with Gasteiger partial charge in [-0.2, -0.15) is 0 Å². The lowest BCUT2D eigenvalue weighted by Crippen LogP contribution is -2.59. The Morgan fingerprint density at radius 2 is 1.59 bits per heavy atom. The number of nitrogens with zero attached hydrogens (tertiary/aromatic N) is 3. The Balaban J connectivity index is 1.64. The van der Waals surface area contributed by atoms with Gasteiger partial charge in [0.05, 0.1) is 0 Å². The Labute approximate surface area is 172 Å². The highest BCUT2D eigenvalue weighted by atomic mass is 16.3. The van der Waals surface area contributed by atoms with E-state index in [0.29, 0.717) is 18.7 Å². The summed E-state index contributed by atoms with van der Waals surface area (Å²) in [6.07, 6.45) is 0. The Morgan fingerprint density at radius 1 is 1.00 bits per heavy atom. The van der Waals surface area contributed by atoms with Gasteiger partial charge in [-0.05, 0) is 31.5 Å². The van der Waals surface area contributed by atoms with Crippen molar-refractivity contribution in [1.82, 2.24) is 9.80 Å². The molecule has 3 rings (SSSR count). The minimum atomic E-state index is -0.471. The molecule has 0 aromatic heterocycles. The molecule has 1 saturated heterocycles. The van der Waals surface area contributed by atoms with Crippen LogP contribution in [0.5, 0.6) is 0 Å². The van der Waals surface area contributed by atoms with Crippen molar-refractivity contribution in [2.75, 3.05) is 31.6 Å². The van der Waals surface area contributed by atoms with Crippen LogP contribution in [-0.4, -0.2) is 65.5 Å². The highest BCUT2D eigenvalue weighted by Gasteiger charge is 2.33. The van der Waals surface area contributed by atoms with Crippen LogP contribution in [-0.2, 0) is 6.54 Å². The SMILES string of the molecule is C[C@@H]1CN(C(=O)N(C)c2ccccc2)C[C@H](C)N1Cc1ccc(C(=O)CO)cc1. The summed E-state index contributed by atoms with van der Waals surface area (Å²) in [5.41, 5.74) is 2.52. The topological polar surface area (TPSA) is 64.1 Å². The summed E-state index contributed by atoms with van der Waals surface area (Å²) in [5.74, 6) is -0.270. The highest BCUT2D eigenvalue weighted by molar-refractivity contribution is 5.96. The van der Waals surface area contributed by atoms with Gasteiger partial charge < -0.3 is 10.0 Å². The lowest BCUT2D eigenvalue weighted by molar-refractivity contribution is 0.0512. The first-order valence-electron chi connectivity index (χ1n) is 9.97. The first kappa shape index (κ1) is 21.0. The van der Waals surface area contributed by atoms with E-state index < -0.39 is 6.61 Å². The highest BCUT2D eigenvalue weighted by Crippen LogP contribution is 2.22. The molecule has 6 heteroatoms. The summed E-state index contributed by atoms with van der Waals surface area (Å²) in [6, 6.07) is 17.5. The summed E-state index contributed by atoms with van der Waals surface area (Å²) in [6.45, 7) is 5.90. The number of urea groups is 1. The van der Waals surface area contributed by atoms with Crippen LogP contribution in [0.3, 0.4) is 0 Å². The Hall–Kier alpha value is -2.70. The maximum atomic E-state index is 13.0. The normalized spacial score (nSPS) is 19.8. The fourth-order valence-corrected chi connectivity index (χ4v) is 3.90. The standard InChI is InChI=1S/C23H29N3O3/c1-17-13-25(23(29)24(3)21-7-5-4-6-8-21)14-18(2)26(17)15-19-9-11-20(12-10-19)22(28)16-27/h4-12,17-18,27H,13-16H2,1-3H3/t17-,18+. The quantitative estimate of drug-likeness (QED) is 0.791. The number of anilines is 1. The van der Waals surface area contributed by atoms with Crippen LogP contribution >= 0.6 is 0 Å². The number of carbonyl (C=O) groups is 2. The number of benzene rings is 2. The number of amides is 2. The molecule has 0 saturated carbocycles. The fourth-order valence-electron chi connectivity index (χ4n) is 3.90. The minimum absolute atomic E-state index is 0.0152. The molecule has 2 atom stereocenters. The lowest BCUT2D eigenvalue weighted by atomic mass is 10.0. The number of carbonyl (C=O) groups excluding carboxylic acids is 2. The van der Waals surface area contributed by atoms with Crippen molar-refractivity contribution in [3.05, 3.63) is 65.7 Å². The number of aliphatic hydroxyl groups excluding tert-OH is 1. The number of rotatable bonds is 5. The van der Waals surface area contributed by atoms with Gasteiger partial charge in [-0.15, -0.1) is 0 Å². The molecule has 0 unspecified atom stereocenters. The second kappa shape index (κ2) is 9.20. The molecule has 154 valence electrons. The molecule has 6 nitrogen and oxygen atoms in total. The molecule has 1 aliphatic rings. The van der Waals surface area contributed by atoms with Gasteiger partial charge in [0, 0.05) is 50.0 Å². The van der Waals surface area contributed by atoms with E-state index in [2.05, 4.69) is 18.7 Å². The van der Waals surface area contributed by atoms with Gasteiger partial charge in [0.2, 0.25) is 0 Å². The van der Waals surface area contributed by atoms with Crippen molar-refractivity contribution >= 4 is 17.5 Å². The van der Waals surface area contributed by atoms with E-state index in [0.717, 1.165) is 17.8 Å². The number of aliphatic hydroxyl groups is 1. The summed E-state index contributed by atoms with van der Waals surface area (Å²) < 4.78 is 0. The molecular formula is C23H29N3O3. The van der Waals surface area contributed by atoms with Gasteiger partial charge in [0.1, 0.15) is 6.61 Å². The predicted molar refractivity (Wildman–Crippen MR) is 114 cm³/mol. The van der Waals surface area contributed by atoms with Crippen molar-refractivity contribution in [3.8, 4) is 0 Å². The van der Waals surface area contributed by atoms with Crippen molar-refractivity contribution in [2.24, 2.45) is 0 Å². The van der Waals surface area contributed by atoms with Gasteiger partial charge in [0.25, 0.3) is 0 Å². The molecule has 29 heavy (non-hydrogen) atoms. The first-order chi connectivity index (χ1) is 13.9.